The van der Waals surface area contributed by atoms with Crippen LogP contribution in [0.2, 0.25) is 5.02 Å². The summed E-state index contributed by atoms with van der Waals surface area (Å²) in [4.78, 5) is 12.6. The number of hydrogen-bond donors (Lipinski definition) is 1. The minimum atomic E-state index is -4.06. The summed E-state index contributed by atoms with van der Waals surface area (Å²) in [5.74, 6) is 0.438. The van der Waals surface area contributed by atoms with Gasteiger partial charge in [-0.25, -0.2) is 13.8 Å². The lowest BCUT2D eigenvalue weighted by atomic mass is 10.2. The molecule has 0 fully saturated rings. The van der Waals surface area contributed by atoms with E-state index >= 15 is 0 Å². The number of carbonyl (C=O) groups excluding carboxylic acids is 1. The standard InChI is InChI=1S/C23H22ClN3O5S/c1-31-19-11-8-17(9-12-19)15-25-26-23(28)16-27(18-10-13-22(32-2)21(24)14-18)33(29,30)20-6-4-3-5-7-20/h3-15H,16H2,1-2H3,(H,26,28)/b25-15-. The predicted molar refractivity (Wildman–Crippen MR) is 128 cm³/mol. The number of sulfonamides is 1. The summed E-state index contributed by atoms with van der Waals surface area (Å²) in [5.41, 5.74) is 3.29. The van der Waals surface area contributed by atoms with E-state index in [1.165, 1.54) is 43.7 Å². The molecule has 0 unspecified atom stereocenters. The molecule has 0 atom stereocenters. The summed E-state index contributed by atoms with van der Waals surface area (Å²) in [6.45, 7) is -0.514. The third kappa shape index (κ3) is 6.03. The third-order valence-corrected chi connectivity index (χ3v) is 6.64. The van der Waals surface area contributed by atoms with Gasteiger partial charge >= 0.3 is 0 Å². The van der Waals surface area contributed by atoms with E-state index in [4.69, 9.17) is 21.1 Å². The van der Waals surface area contributed by atoms with Crippen molar-refractivity contribution in [2.24, 2.45) is 5.10 Å². The van der Waals surface area contributed by atoms with Crippen LogP contribution in [0.4, 0.5) is 5.69 Å². The summed E-state index contributed by atoms with van der Waals surface area (Å²) in [6.07, 6.45) is 1.44. The third-order valence-electron chi connectivity index (χ3n) is 4.56. The first kappa shape index (κ1) is 24.1. The van der Waals surface area contributed by atoms with Gasteiger partial charge < -0.3 is 9.47 Å². The molecular formula is C23H22ClN3O5S. The van der Waals surface area contributed by atoms with Crippen molar-refractivity contribution in [3.05, 3.63) is 83.4 Å². The highest BCUT2D eigenvalue weighted by molar-refractivity contribution is 7.92. The lowest BCUT2D eigenvalue weighted by molar-refractivity contribution is -0.119. The van der Waals surface area contributed by atoms with Gasteiger partial charge in [0.25, 0.3) is 15.9 Å². The van der Waals surface area contributed by atoms with Crippen molar-refractivity contribution in [2.45, 2.75) is 4.90 Å². The van der Waals surface area contributed by atoms with Gasteiger partial charge in [0.1, 0.15) is 18.0 Å². The Bertz CT molecular complexity index is 1230. The molecule has 1 N–H and O–H groups in total. The van der Waals surface area contributed by atoms with Crippen LogP contribution in [0.3, 0.4) is 0 Å². The molecule has 0 saturated carbocycles. The topological polar surface area (TPSA) is 97.3 Å². The molecule has 0 aliphatic heterocycles. The minimum Gasteiger partial charge on any atom is -0.497 e. The second-order valence-electron chi connectivity index (χ2n) is 6.71. The lowest BCUT2D eigenvalue weighted by Crippen LogP contribution is -2.39. The summed E-state index contributed by atoms with van der Waals surface area (Å²) in [6, 6.07) is 19.3. The second kappa shape index (κ2) is 10.8. The first-order chi connectivity index (χ1) is 15.8. The van der Waals surface area contributed by atoms with Crippen molar-refractivity contribution in [3.63, 3.8) is 0 Å². The van der Waals surface area contributed by atoms with Crippen LogP contribution in [0.5, 0.6) is 11.5 Å². The number of amides is 1. The van der Waals surface area contributed by atoms with Crippen molar-refractivity contribution in [1.29, 1.82) is 0 Å². The quantitative estimate of drug-likeness (QED) is 0.366. The van der Waals surface area contributed by atoms with Crippen LogP contribution >= 0.6 is 11.6 Å². The van der Waals surface area contributed by atoms with Crippen LogP contribution in [0.1, 0.15) is 5.56 Å². The molecule has 0 radical (unpaired) electrons. The van der Waals surface area contributed by atoms with Gasteiger partial charge in [0.2, 0.25) is 0 Å². The molecule has 33 heavy (non-hydrogen) atoms. The molecule has 0 heterocycles. The van der Waals surface area contributed by atoms with Crippen LogP contribution < -0.4 is 19.2 Å². The Labute approximate surface area is 197 Å². The van der Waals surface area contributed by atoms with Gasteiger partial charge in [-0.15, -0.1) is 0 Å². The Morgan fingerprint density at radius 2 is 1.73 bits per heavy atom. The molecule has 0 spiro atoms. The molecular weight excluding hydrogens is 466 g/mol. The Kier molecular flexibility index (Phi) is 7.92. The Morgan fingerprint density at radius 3 is 2.33 bits per heavy atom. The normalized spacial score (nSPS) is 11.2. The lowest BCUT2D eigenvalue weighted by Gasteiger charge is -2.24. The Balaban J connectivity index is 1.84. The van der Waals surface area contributed by atoms with Crippen molar-refractivity contribution in [2.75, 3.05) is 25.1 Å². The van der Waals surface area contributed by atoms with Crippen LogP contribution in [0.25, 0.3) is 0 Å². The van der Waals surface area contributed by atoms with Crippen LogP contribution in [0.15, 0.2) is 82.8 Å². The van der Waals surface area contributed by atoms with Crippen molar-refractivity contribution >= 4 is 39.4 Å². The molecule has 0 aliphatic carbocycles. The molecule has 172 valence electrons. The molecule has 0 aliphatic rings. The summed E-state index contributed by atoms with van der Waals surface area (Å²) in [5, 5.41) is 4.12. The number of rotatable bonds is 9. The number of halogens is 1. The number of carbonyl (C=O) groups is 1. The molecule has 1 amide bonds. The van der Waals surface area contributed by atoms with E-state index < -0.39 is 22.5 Å². The largest absolute Gasteiger partial charge is 0.497 e. The first-order valence-corrected chi connectivity index (χ1v) is 11.5. The van der Waals surface area contributed by atoms with E-state index in [0.29, 0.717) is 11.5 Å². The van der Waals surface area contributed by atoms with Gasteiger partial charge in [0.05, 0.1) is 36.0 Å². The zero-order valence-electron chi connectivity index (χ0n) is 17.9. The molecule has 0 saturated heterocycles. The molecule has 3 aromatic carbocycles. The van der Waals surface area contributed by atoms with Crippen LogP contribution in [0, 0.1) is 0 Å². The number of hydrazone groups is 1. The molecule has 0 aromatic heterocycles. The summed E-state index contributed by atoms with van der Waals surface area (Å²) in [7, 11) is -1.05. The highest BCUT2D eigenvalue weighted by Crippen LogP contribution is 2.31. The molecule has 3 rings (SSSR count). The van der Waals surface area contributed by atoms with Gasteiger partial charge in [0.15, 0.2) is 0 Å². The summed E-state index contributed by atoms with van der Waals surface area (Å²) < 4.78 is 37.8. The molecule has 10 heteroatoms. The fraction of sp³-hybridized carbons (Fsp3) is 0.130. The predicted octanol–water partition coefficient (Wildman–Crippen LogP) is 3.70. The average molecular weight is 488 g/mol. The number of methoxy groups -OCH3 is 2. The van der Waals surface area contributed by atoms with Gasteiger partial charge in [0, 0.05) is 0 Å². The number of nitrogens with zero attached hydrogens (tertiary/aromatic N) is 2. The SMILES string of the molecule is COc1ccc(/C=N\NC(=O)CN(c2ccc(OC)c(Cl)c2)S(=O)(=O)c2ccccc2)cc1. The monoisotopic (exact) mass is 487 g/mol. The maximum Gasteiger partial charge on any atom is 0.264 e. The highest BCUT2D eigenvalue weighted by atomic mass is 35.5. The van der Waals surface area contributed by atoms with E-state index in [1.807, 2.05) is 0 Å². The molecule has 3 aromatic rings. The van der Waals surface area contributed by atoms with Crippen LogP contribution in [-0.2, 0) is 14.8 Å². The molecule has 0 bridgehead atoms. The van der Waals surface area contributed by atoms with Crippen molar-refractivity contribution in [3.8, 4) is 11.5 Å². The number of anilines is 1. The van der Waals surface area contributed by atoms with Crippen molar-refractivity contribution < 1.29 is 22.7 Å². The van der Waals surface area contributed by atoms with E-state index in [1.54, 1.807) is 49.6 Å². The van der Waals surface area contributed by atoms with E-state index in [9.17, 15) is 13.2 Å². The maximum atomic E-state index is 13.3. The zero-order valence-corrected chi connectivity index (χ0v) is 19.5. The second-order valence-corrected chi connectivity index (χ2v) is 8.98. The smallest absolute Gasteiger partial charge is 0.264 e. The number of nitrogens with one attached hydrogen (secondary N) is 1. The number of benzene rings is 3. The molecule has 8 nitrogen and oxygen atoms in total. The maximum absolute atomic E-state index is 13.3. The average Bonchev–Trinajstić information content (AvgIpc) is 2.83. The van der Waals surface area contributed by atoms with Gasteiger partial charge in [-0.1, -0.05) is 29.8 Å². The minimum absolute atomic E-state index is 0.0338. The van der Waals surface area contributed by atoms with Gasteiger partial charge in [-0.3, -0.25) is 9.10 Å². The van der Waals surface area contributed by atoms with E-state index in [2.05, 4.69) is 10.5 Å². The van der Waals surface area contributed by atoms with E-state index in [0.717, 1.165) is 9.87 Å². The highest BCUT2D eigenvalue weighted by Gasteiger charge is 2.27. The zero-order chi connectivity index (χ0) is 23.8. The fourth-order valence-corrected chi connectivity index (χ4v) is 4.57. The van der Waals surface area contributed by atoms with Gasteiger partial charge in [-0.05, 0) is 60.2 Å². The number of ether oxygens (including phenoxy) is 2. The van der Waals surface area contributed by atoms with Gasteiger partial charge in [-0.2, -0.15) is 5.10 Å². The Hall–Kier alpha value is -3.56. The summed E-state index contributed by atoms with van der Waals surface area (Å²) >= 11 is 6.20. The first-order valence-electron chi connectivity index (χ1n) is 9.72. The fourth-order valence-electron chi connectivity index (χ4n) is 2.88. The van der Waals surface area contributed by atoms with Crippen LogP contribution in [-0.4, -0.2) is 41.3 Å². The number of hydrogen-bond acceptors (Lipinski definition) is 6. The van der Waals surface area contributed by atoms with E-state index in [-0.39, 0.29) is 15.6 Å². The Morgan fingerprint density at radius 1 is 1.03 bits per heavy atom. The van der Waals surface area contributed by atoms with Crippen molar-refractivity contribution in [1.82, 2.24) is 5.43 Å².